The van der Waals surface area contributed by atoms with Gasteiger partial charge in [0.25, 0.3) is 0 Å². The molecular formula is C19H24O7. The molecular weight excluding hydrogens is 340 g/mol. The molecule has 1 aliphatic rings. The zero-order valence-corrected chi connectivity index (χ0v) is 15.6. The summed E-state index contributed by atoms with van der Waals surface area (Å²) in [5, 5.41) is 0. The van der Waals surface area contributed by atoms with Gasteiger partial charge >= 0.3 is 17.9 Å². The maximum absolute atomic E-state index is 12.5. The number of esters is 3. The van der Waals surface area contributed by atoms with Crippen molar-refractivity contribution < 1.29 is 33.3 Å². The lowest BCUT2D eigenvalue weighted by molar-refractivity contribution is -0.178. The maximum Gasteiger partial charge on any atom is 0.352 e. The number of hydrogen-bond donors (Lipinski definition) is 0. The third-order valence-corrected chi connectivity index (χ3v) is 3.36. The molecule has 1 heterocycles. The Morgan fingerprint density at radius 1 is 1.19 bits per heavy atom. The van der Waals surface area contributed by atoms with Crippen molar-refractivity contribution in [2.45, 2.75) is 64.6 Å². The highest BCUT2D eigenvalue weighted by Gasteiger charge is 2.43. The highest BCUT2D eigenvalue weighted by Crippen LogP contribution is 2.27. The molecule has 0 N–H and O–H groups in total. The van der Waals surface area contributed by atoms with Crippen molar-refractivity contribution in [1.82, 2.24) is 0 Å². The van der Waals surface area contributed by atoms with Gasteiger partial charge in [0.2, 0.25) is 11.9 Å². The SMILES string of the molecule is CC(C)(C)OC(=O)C(OC(=O)C[C@@H]1OC(C)(C)OC1=O)c1ccccc1. The Labute approximate surface area is 152 Å². The highest BCUT2D eigenvalue weighted by molar-refractivity contribution is 5.85. The van der Waals surface area contributed by atoms with E-state index < -0.39 is 41.5 Å². The van der Waals surface area contributed by atoms with Gasteiger partial charge in [-0.15, -0.1) is 0 Å². The van der Waals surface area contributed by atoms with Crippen LogP contribution < -0.4 is 0 Å². The fourth-order valence-corrected chi connectivity index (χ4v) is 2.41. The van der Waals surface area contributed by atoms with Crippen molar-refractivity contribution in [3.05, 3.63) is 35.9 Å². The van der Waals surface area contributed by atoms with Crippen LogP contribution in [0.3, 0.4) is 0 Å². The fraction of sp³-hybridized carbons (Fsp3) is 0.526. The van der Waals surface area contributed by atoms with Crippen molar-refractivity contribution >= 4 is 17.9 Å². The minimum absolute atomic E-state index is 0.353. The topological polar surface area (TPSA) is 88.1 Å². The first-order valence-electron chi connectivity index (χ1n) is 8.35. The zero-order chi connectivity index (χ0) is 19.5. The first-order valence-corrected chi connectivity index (χ1v) is 8.35. The van der Waals surface area contributed by atoms with Crippen LogP contribution in [-0.4, -0.2) is 35.4 Å². The van der Waals surface area contributed by atoms with Crippen molar-refractivity contribution in [2.24, 2.45) is 0 Å². The molecule has 0 radical (unpaired) electrons. The number of benzene rings is 1. The van der Waals surface area contributed by atoms with E-state index in [9.17, 15) is 14.4 Å². The Balaban J connectivity index is 2.10. The molecule has 0 amide bonds. The number of ether oxygens (including phenoxy) is 4. The largest absolute Gasteiger partial charge is 0.457 e. The van der Waals surface area contributed by atoms with Gasteiger partial charge in [-0.2, -0.15) is 0 Å². The molecule has 1 fully saturated rings. The molecule has 1 aliphatic heterocycles. The van der Waals surface area contributed by atoms with Gasteiger partial charge in [-0.25, -0.2) is 9.59 Å². The van der Waals surface area contributed by atoms with E-state index in [1.807, 2.05) is 0 Å². The van der Waals surface area contributed by atoms with E-state index in [4.69, 9.17) is 18.9 Å². The molecule has 26 heavy (non-hydrogen) atoms. The van der Waals surface area contributed by atoms with Gasteiger partial charge in [0.1, 0.15) is 5.60 Å². The number of rotatable bonds is 5. The van der Waals surface area contributed by atoms with E-state index >= 15 is 0 Å². The molecule has 2 rings (SSSR count). The second kappa shape index (κ2) is 7.45. The van der Waals surface area contributed by atoms with Crippen LogP contribution in [0, 0.1) is 0 Å². The summed E-state index contributed by atoms with van der Waals surface area (Å²) >= 11 is 0. The summed E-state index contributed by atoms with van der Waals surface area (Å²) in [5.74, 6) is -3.18. The van der Waals surface area contributed by atoms with Gasteiger partial charge in [0.15, 0.2) is 6.10 Å². The summed E-state index contributed by atoms with van der Waals surface area (Å²) in [5.41, 5.74) is -0.260. The minimum atomic E-state index is -1.23. The van der Waals surface area contributed by atoms with Gasteiger partial charge in [-0.3, -0.25) is 4.79 Å². The number of carbonyl (C=O) groups is 3. The third kappa shape index (κ3) is 5.56. The number of cyclic esters (lactones) is 1. The van der Waals surface area contributed by atoms with Crippen LogP contribution in [0.2, 0.25) is 0 Å². The van der Waals surface area contributed by atoms with Crippen LogP contribution in [0.25, 0.3) is 0 Å². The van der Waals surface area contributed by atoms with E-state index in [0.29, 0.717) is 5.56 Å². The van der Waals surface area contributed by atoms with Crippen molar-refractivity contribution in [1.29, 1.82) is 0 Å². The van der Waals surface area contributed by atoms with E-state index in [2.05, 4.69) is 0 Å². The van der Waals surface area contributed by atoms with Crippen LogP contribution in [-0.2, 0) is 33.3 Å². The van der Waals surface area contributed by atoms with Crippen LogP contribution in [0.4, 0.5) is 0 Å². The summed E-state index contributed by atoms with van der Waals surface area (Å²) in [6, 6.07) is 8.54. The Kier molecular flexibility index (Phi) is 5.71. The lowest BCUT2D eigenvalue weighted by Crippen LogP contribution is -2.31. The van der Waals surface area contributed by atoms with Crippen LogP contribution in [0.15, 0.2) is 30.3 Å². The highest BCUT2D eigenvalue weighted by atomic mass is 16.8. The van der Waals surface area contributed by atoms with Crippen molar-refractivity contribution in [3.63, 3.8) is 0 Å². The maximum atomic E-state index is 12.5. The quantitative estimate of drug-likeness (QED) is 0.586. The normalized spacial score (nSPS) is 20.2. The standard InChI is InChI=1S/C19H24O7/c1-18(2,3)25-17(22)15(12-9-7-6-8-10-12)23-14(20)11-13-16(21)26-19(4,5)24-13/h6-10,13,15H,11H2,1-5H3/t13-,15?/m0/s1. The molecule has 2 atom stereocenters. The fourth-order valence-electron chi connectivity index (χ4n) is 2.41. The molecule has 7 nitrogen and oxygen atoms in total. The van der Waals surface area contributed by atoms with E-state index in [1.54, 1.807) is 65.0 Å². The molecule has 1 saturated heterocycles. The zero-order valence-electron chi connectivity index (χ0n) is 15.6. The molecule has 1 unspecified atom stereocenters. The molecule has 0 aromatic heterocycles. The van der Waals surface area contributed by atoms with Crippen LogP contribution >= 0.6 is 0 Å². The summed E-state index contributed by atoms with van der Waals surface area (Å²) in [6.07, 6.45) is -2.64. The van der Waals surface area contributed by atoms with Crippen LogP contribution in [0.5, 0.6) is 0 Å². The monoisotopic (exact) mass is 364 g/mol. The summed E-state index contributed by atoms with van der Waals surface area (Å²) in [4.78, 5) is 36.5. The Hall–Kier alpha value is -2.41. The average Bonchev–Trinajstić information content (AvgIpc) is 2.76. The molecule has 0 saturated carbocycles. The van der Waals surface area contributed by atoms with E-state index in [0.717, 1.165) is 0 Å². The van der Waals surface area contributed by atoms with Gasteiger partial charge in [0.05, 0.1) is 6.42 Å². The molecule has 1 aromatic carbocycles. The first kappa shape index (κ1) is 19.9. The van der Waals surface area contributed by atoms with E-state index in [1.165, 1.54) is 0 Å². The summed E-state index contributed by atoms with van der Waals surface area (Å²) in [7, 11) is 0. The molecule has 0 bridgehead atoms. The van der Waals surface area contributed by atoms with Gasteiger partial charge < -0.3 is 18.9 Å². The Bertz CT molecular complexity index is 673. The first-order chi connectivity index (χ1) is 12.0. The second-order valence-electron chi connectivity index (χ2n) is 7.45. The summed E-state index contributed by atoms with van der Waals surface area (Å²) in [6.45, 7) is 8.31. The van der Waals surface area contributed by atoms with Gasteiger partial charge in [-0.05, 0) is 20.8 Å². The van der Waals surface area contributed by atoms with Gasteiger partial charge in [0, 0.05) is 19.4 Å². The van der Waals surface area contributed by atoms with Crippen molar-refractivity contribution in [2.75, 3.05) is 0 Å². The Morgan fingerprint density at radius 3 is 2.31 bits per heavy atom. The number of carbonyl (C=O) groups excluding carboxylic acids is 3. The molecule has 0 spiro atoms. The van der Waals surface area contributed by atoms with Crippen LogP contribution in [0.1, 0.15) is 52.7 Å². The molecule has 0 aliphatic carbocycles. The Morgan fingerprint density at radius 2 is 1.81 bits per heavy atom. The predicted molar refractivity (Wildman–Crippen MR) is 90.8 cm³/mol. The lowest BCUT2D eigenvalue weighted by atomic mass is 10.1. The smallest absolute Gasteiger partial charge is 0.352 e. The molecule has 142 valence electrons. The van der Waals surface area contributed by atoms with Crippen molar-refractivity contribution in [3.8, 4) is 0 Å². The average molecular weight is 364 g/mol. The van der Waals surface area contributed by atoms with Gasteiger partial charge in [-0.1, -0.05) is 30.3 Å². The predicted octanol–water partition coefficient (Wildman–Crippen LogP) is 2.68. The molecule has 7 heteroatoms. The third-order valence-electron chi connectivity index (χ3n) is 3.36. The minimum Gasteiger partial charge on any atom is -0.457 e. The molecule has 1 aromatic rings. The second-order valence-corrected chi connectivity index (χ2v) is 7.45. The lowest BCUT2D eigenvalue weighted by Gasteiger charge is -2.24. The van der Waals surface area contributed by atoms with E-state index in [-0.39, 0.29) is 6.42 Å². The number of hydrogen-bond acceptors (Lipinski definition) is 7. The summed E-state index contributed by atoms with van der Waals surface area (Å²) < 4.78 is 21.0.